The predicted molar refractivity (Wildman–Crippen MR) is 104 cm³/mol. The van der Waals surface area contributed by atoms with Gasteiger partial charge in [0.15, 0.2) is 18.1 Å². The van der Waals surface area contributed by atoms with Crippen molar-refractivity contribution >= 4 is 51.5 Å². The first-order valence-electron chi connectivity index (χ1n) is 8.62. The summed E-state index contributed by atoms with van der Waals surface area (Å²) in [4.78, 5) is 31.9. The molecule has 2 aromatic heterocycles. The van der Waals surface area contributed by atoms with Crippen LogP contribution in [0.4, 0.5) is 11.5 Å². The lowest BCUT2D eigenvalue weighted by Crippen LogP contribution is -2.27. The lowest BCUT2D eigenvalue weighted by Gasteiger charge is -2.12. The lowest BCUT2D eigenvalue weighted by molar-refractivity contribution is -0.122. The molecule has 0 spiro atoms. The van der Waals surface area contributed by atoms with Crippen LogP contribution in [0.15, 0.2) is 35.3 Å². The second-order valence-electron chi connectivity index (χ2n) is 5.39. The van der Waals surface area contributed by atoms with Gasteiger partial charge in [-0.05, 0) is 35.9 Å². The number of hydrogen-bond acceptors (Lipinski definition) is 6. The molecule has 0 atom stereocenters. The highest BCUT2D eigenvalue weighted by Gasteiger charge is 2.11. The molecule has 0 radical (unpaired) electrons. The smallest absolute Gasteiger partial charge is 0.293 e. The Hall–Kier alpha value is -2.84. The van der Waals surface area contributed by atoms with Crippen molar-refractivity contribution in [1.82, 2.24) is 19.9 Å². The SMILES string of the molecule is [2H]C([2H])(Oc1cc2cc(Nc3nc(Cl)ncc3Cl)ccc2n(C)c1=O)C(=O)NC. The van der Waals surface area contributed by atoms with E-state index in [-0.39, 0.29) is 16.1 Å². The van der Waals surface area contributed by atoms with Gasteiger partial charge in [-0.25, -0.2) is 4.98 Å². The number of amides is 1. The molecule has 0 aliphatic rings. The number of nitrogens with one attached hydrogen (secondary N) is 2. The van der Waals surface area contributed by atoms with E-state index in [0.29, 0.717) is 22.4 Å². The van der Waals surface area contributed by atoms with Gasteiger partial charge in [-0.3, -0.25) is 9.59 Å². The Kier molecular flexibility index (Phi) is 4.73. The molecule has 0 aliphatic carbocycles. The molecule has 0 fully saturated rings. The number of benzene rings is 1. The number of carbonyl (C=O) groups excluding carboxylic acids is 1. The molecular formula is C17H15Cl2N5O3. The number of nitrogens with zero attached hydrogens (tertiary/aromatic N) is 3. The van der Waals surface area contributed by atoms with Crippen LogP contribution in [0, 0.1) is 0 Å². The van der Waals surface area contributed by atoms with Gasteiger partial charge in [-0.1, -0.05) is 11.6 Å². The summed E-state index contributed by atoms with van der Waals surface area (Å²) < 4.78 is 21.8. The first-order valence-corrected chi connectivity index (χ1v) is 8.38. The zero-order valence-corrected chi connectivity index (χ0v) is 15.7. The second kappa shape index (κ2) is 7.81. The fourth-order valence-corrected chi connectivity index (χ4v) is 2.60. The Bertz CT molecular complexity index is 1170. The Morgan fingerprint density at radius 2 is 2.15 bits per heavy atom. The van der Waals surface area contributed by atoms with E-state index in [2.05, 4.69) is 20.6 Å². The van der Waals surface area contributed by atoms with Crippen LogP contribution in [-0.2, 0) is 11.8 Å². The quantitative estimate of drug-likeness (QED) is 0.628. The summed E-state index contributed by atoms with van der Waals surface area (Å²) in [5, 5.41) is 5.98. The van der Waals surface area contributed by atoms with Crippen LogP contribution in [0.2, 0.25) is 10.3 Å². The van der Waals surface area contributed by atoms with E-state index in [1.807, 2.05) is 0 Å². The molecule has 8 nitrogen and oxygen atoms in total. The van der Waals surface area contributed by atoms with Gasteiger partial charge in [0, 0.05) is 25.2 Å². The van der Waals surface area contributed by atoms with Gasteiger partial charge < -0.3 is 19.9 Å². The van der Waals surface area contributed by atoms with E-state index < -0.39 is 18.0 Å². The summed E-state index contributed by atoms with van der Waals surface area (Å²) in [6, 6.07) is 6.44. The van der Waals surface area contributed by atoms with Gasteiger partial charge in [-0.15, -0.1) is 0 Å². The normalized spacial score (nSPS) is 12.3. The maximum absolute atomic E-state index is 12.5. The molecule has 3 aromatic rings. The highest BCUT2D eigenvalue weighted by atomic mass is 35.5. The Morgan fingerprint density at radius 3 is 2.89 bits per heavy atom. The summed E-state index contributed by atoms with van der Waals surface area (Å²) in [5.74, 6) is -1.03. The van der Waals surface area contributed by atoms with E-state index in [1.54, 1.807) is 18.2 Å². The van der Waals surface area contributed by atoms with Gasteiger partial charge in [0.05, 0.1) is 14.5 Å². The van der Waals surface area contributed by atoms with Crippen LogP contribution >= 0.6 is 23.2 Å². The number of anilines is 2. The van der Waals surface area contributed by atoms with Gasteiger partial charge in [-0.2, -0.15) is 4.98 Å². The van der Waals surface area contributed by atoms with Crippen LogP contribution in [0.25, 0.3) is 10.9 Å². The average molecular weight is 410 g/mol. The van der Waals surface area contributed by atoms with Gasteiger partial charge in [0.2, 0.25) is 5.28 Å². The molecule has 2 heterocycles. The standard InChI is InChI=1S/C17H15Cl2N5O3/c1-20-14(25)8-27-13-6-9-5-10(3-4-12(9)24(2)16(13)26)22-15-11(18)7-21-17(19)23-15/h3-7H,8H2,1-2H3,(H,20,25)(H,21,22,23)/i8D2. The summed E-state index contributed by atoms with van der Waals surface area (Å²) in [6.45, 7) is -2.71. The van der Waals surface area contributed by atoms with Crippen molar-refractivity contribution in [3.05, 3.63) is 51.1 Å². The summed E-state index contributed by atoms with van der Waals surface area (Å²) in [6.07, 6.45) is 1.36. The van der Waals surface area contributed by atoms with E-state index >= 15 is 0 Å². The number of rotatable bonds is 5. The van der Waals surface area contributed by atoms with Crippen molar-refractivity contribution in [3.63, 3.8) is 0 Å². The number of aromatic nitrogens is 3. The number of hydrogen-bond donors (Lipinski definition) is 2. The number of ether oxygens (including phenoxy) is 1. The van der Waals surface area contributed by atoms with Crippen molar-refractivity contribution in [2.24, 2.45) is 7.05 Å². The number of pyridine rings is 1. The fourth-order valence-electron chi connectivity index (χ4n) is 2.33. The monoisotopic (exact) mass is 409 g/mol. The van der Waals surface area contributed by atoms with Crippen LogP contribution < -0.4 is 20.9 Å². The topological polar surface area (TPSA) is 98.1 Å². The molecule has 0 saturated carbocycles. The van der Waals surface area contributed by atoms with Crippen molar-refractivity contribution in [3.8, 4) is 5.75 Å². The molecule has 0 bridgehead atoms. The van der Waals surface area contributed by atoms with Crippen LogP contribution in [0.3, 0.4) is 0 Å². The molecule has 2 N–H and O–H groups in total. The van der Waals surface area contributed by atoms with E-state index in [0.717, 1.165) is 0 Å². The van der Waals surface area contributed by atoms with Crippen LogP contribution in [-0.4, -0.2) is 34.0 Å². The van der Waals surface area contributed by atoms with Gasteiger partial charge in [0.1, 0.15) is 5.02 Å². The molecule has 1 aromatic carbocycles. The number of aryl methyl sites for hydroxylation is 1. The van der Waals surface area contributed by atoms with Gasteiger partial charge in [0.25, 0.3) is 11.5 Å². The Morgan fingerprint density at radius 1 is 1.37 bits per heavy atom. The number of halogens is 2. The molecule has 10 heteroatoms. The average Bonchev–Trinajstić information content (AvgIpc) is 2.67. The molecule has 27 heavy (non-hydrogen) atoms. The predicted octanol–water partition coefficient (Wildman–Crippen LogP) is 2.50. The zero-order valence-electron chi connectivity index (χ0n) is 16.2. The number of likely N-dealkylation sites (N-methyl/N-ethyl adjacent to an activating group) is 1. The largest absolute Gasteiger partial charge is 0.478 e. The number of carbonyl (C=O) groups is 1. The van der Waals surface area contributed by atoms with Crippen LogP contribution in [0.1, 0.15) is 2.74 Å². The van der Waals surface area contributed by atoms with Crippen molar-refractivity contribution in [2.75, 3.05) is 18.9 Å². The third-order valence-electron chi connectivity index (χ3n) is 3.65. The third kappa shape index (κ3) is 4.12. The minimum Gasteiger partial charge on any atom is -0.478 e. The summed E-state index contributed by atoms with van der Waals surface area (Å²) in [5.41, 5.74) is 0.560. The van der Waals surface area contributed by atoms with E-state index in [1.165, 1.54) is 30.9 Å². The third-order valence-corrected chi connectivity index (χ3v) is 4.11. The molecule has 0 saturated heterocycles. The first-order chi connectivity index (χ1) is 13.6. The van der Waals surface area contributed by atoms with Crippen LogP contribution in [0.5, 0.6) is 5.75 Å². The summed E-state index contributed by atoms with van der Waals surface area (Å²) in [7, 11) is 2.78. The minimum atomic E-state index is -2.71. The highest BCUT2D eigenvalue weighted by molar-refractivity contribution is 6.33. The molecular weight excluding hydrogens is 393 g/mol. The Balaban J connectivity index is 2.03. The van der Waals surface area contributed by atoms with Crippen molar-refractivity contribution in [2.45, 2.75) is 0 Å². The highest BCUT2D eigenvalue weighted by Crippen LogP contribution is 2.26. The molecule has 0 aliphatic heterocycles. The molecule has 0 unspecified atom stereocenters. The molecule has 1 amide bonds. The second-order valence-corrected chi connectivity index (χ2v) is 6.14. The minimum absolute atomic E-state index is 0.0206. The van der Waals surface area contributed by atoms with Gasteiger partial charge >= 0.3 is 0 Å². The molecule has 140 valence electrons. The van der Waals surface area contributed by atoms with Crippen molar-refractivity contribution < 1.29 is 12.3 Å². The van der Waals surface area contributed by atoms with E-state index in [4.69, 9.17) is 30.7 Å². The number of fused-ring (bicyclic) bond motifs is 1. The van der Waals surface area contributed by atoms with E-state index in [9.17, 15) is 9.59 Å². The lowest BCUT2D eigenvalue weighted by atomic mass is 10.2. The maximum atomic E-state index is 12.5. The first kappa shape index (κ1) is 16.3. The van der Waals surface area contributed by atoms with Crippen molar-refractivity contribution in [1.29, 1.82) is 0 Å². The zero-order chi connectivity index (χ0) is 21.3. The fraction of sp³-hybridized carbons (Fsp3) is 0.176. The Labute approximate surface area is 166 Å². The molecule has 3 rings (SSSR count). The summed E-state index contributed by atoms with van der Waals surface area (Å²) >= 11 is 11.9. The maximum Gasteiger partial charge on any atom is 0.293 e.